The molecule has 0 heterocycles. The zero-order valence-electron chi connectivity index (χ0n) is 29.0. The van der Waals surface area contributed by atoms with Crippen LogP contribution in [0.15, 0.2) is 24.3 Å². The van der Waals surface area contributed by atoms with Gasteiger partial charge in [-0.05, 0) is 89.2 Å². The molecule has 0 saturated heterocycles. The summed E-state index contributed by atoms with van der Waals surface area (Å²) in [6.45, 7) is 11.9. The second kappa shape index (κ2) is 34.1. The zero-order chi connectivity index (χ0) is 31.6. The first-order valence-corrected chi connectivity index (χ1v) is 17.7. The lowest BCUT2D eigenvalue weighted by Crippen LogP contribution is -2.22. The minimum Gasteiger partial charge on any atom is -0.353 e. The van der Waals surface area contributed by atoms with Crippen molar-refractivity contribution in [3.8, 4) is 0 Å². The second-order valence-corrected chi connectivity index (χ2v) is 11.2. The van der Waals surface area contributed by atoms with Gasteiger partial charge < -0.3 is 33.2 Å². The first-order valence-electron chi connectivity index (χ1n) is 17.7. The Morgan fingerprint density at radius 3 is 1.09 bits per heavy atom. The van der Waals surface area contributed by atoms with Crippen molar-refractivity contribution >= 4 is 0 Å². The maximum absolute atomic E-state index is 5.97. The molecule has 2 unspecified atom stereocenters. The largest absolute Gasteiger partial charge is 0.353 e. The molecule has 7 nitrogen and oxygen atoms in total. The van der Waals surface area contributed by atoms with Gasteiger partial charge in [0, 0.05) is 40.6 Å². The molecule has 0 aromatic rings. The first kappa shape index (κ1) is 42.2. The summed E-state index contributed by atoms with van der Waals surface area (Å²) >= 11 is 0. The van der Waals surface area contributed by atoms with Gasteiger partial charge in [-0.15, -0.1) is 0 Å². The van der Waals surface area contributed by atoms with Crippen LogP contribution in [0.25, 0.3) is 0 Å². The summed E-state index contributed by atoms with van der Waals surface area (Å²) in [5.74, 6) is 0. The number of hydrogen-bond acceptors (Lipinski definition) is 7. The number of methoxy groups -OCH3 is 2. The normalized spacial score (nSPS) is 13.8. The van der Waals surface area contributed by atoms with Crippen LogP contribution >= 0.6 is 0 Å². The Morgan fingerprint density at radius 2 is 0.791 bits per heavy atom. The quantitative estimate of drug-likeness (QED) is 0.0406. The molecule has 0 saturated carbocycles. The van der Waals surface area contributed by atoms with Gasteiger partial charge in [-0.25, -0.2) is 0 Å². The van der Waals surface area contributed by atoms with Crippen molar-refractivity contribution < 1.29 is 33.2 Å². The van der Waals surface area contributed by atoms with Crippen molar-refractivity contribution in [2.75, 3.05) is 40.6 Å². The van der Waals surface area contributed by atoms with Gasteiger partial charge in [0.1, 0.15) is 0 Å². The molecule has 7 heteroatoms. The van der Waals surface area contributed by atoms with Crippen LogP contribution in [0.2, 0.25) is 0 Å². The van der Waals surface area contributed by atoms with E-state index in [4.69, 9.17) is 33.2 Å². The number of allylic oxidation sites excluding steroid dienone is 2. The fraction of sp³-hybridized carbons (Fsp3) is 0.889. The fourth-order valence-corrected chi connectivity index (χ4v) is 4.27. The summed E-state index contributed by atoms with van der Waals surface area (Å²) in [4.78, 5) is 0. The molecule has 0 spiro atoms. The third-order valence-electron chi connectivity index (χ3n) is 7.15. The van der Waals surface area contributed by atoms with E-state index < -0.39 is 12.6 Å². The van der Waals surface area contributed by atoms with E-state index in [1.54, 1.807) is 14.2 Å². The predicted molar refractivity (Wildman–Crippen MR) is 178 cm³/mol. The van der Waals surface area contributed by atoms with E-state index in [-0.39, 0.29) is 12.6 Å². The summed E-state index contributed by atoms with van der Waals surface area (Å²) in [5, 5.41) is 0. The van der Waals surface area contributed by atoms with Crippen molar-refractivity contribution in [1.29, 1.82) is 0 Å². The molecule has 0 amide bonds. The van der Waals surface area contributed by atoms with Gasteiger partial charge >= 0.3 is 0 Å². The van der Waals surface area contributed by atoms with Crippen molar-refractivity contribution in [3.05, 3.63) is 24.3 Å². The highest BCUT2D eigenvalue weighted by Crippen LogP contribution is 2.14. The minimum atomic E-state index is -0.435. The van der Waals surface area contributed by atoms with E-state index in [9.17, 15) is 0 Å². The first-order chi connectivity index (χ1) is 21.1. The number of unbranched alkanes of at least 4 members (excludes halogenated alkanes) is 10. The Labute approximate surface area is 266 Å². The SMILES string of the molecule is CCCCOC(CCCCCC=CC(OC)OC(C=CCCCCCC(OCCCC)OCCCC)OC)OCCCC. The lowest BCUT2D eigenvalue weighted by atomic mass is 10.1. The van der Waals surface area contributed by atoms with Crippen LogP contribution in [0, 0.1) is 0 Å². The summed E-state index contributed by atoms with van der Waals surface area (Å²) in [5.41, 5.74) is 0. The van der Waals surface area contributed by atoms with Crippen LogP contribution < -0.4 is 0 Å². The summed E-state index contributed by atoms with van der Waals surface area (Å²) in [6.07, 6.45) is 26.8. The summed E-state index contributed by atoms with van der Waals surface area (Å²) < 4.78 is 40.8. The molecule has 0 aliphatic carbocycles. The minimum absolute atomic E-state index is 0.0591. The fourth-order valence-electron chi connectivity index (χ4n) is 4.27. The van der Waals surface area contributed by atoms with E-state index in [1.165, 1.54) is 0 Å². The maximum atomic E-state index is 5.97. The van der Waals surface area contributed by atoms with Gasteiger partial charge in [0.2, 0.25) is 0 Å². The lowest BCUT2D eigenvalue weighted by Gasteiger charge is -2.19. The van der Waals surface area contributed by atoms with Crippen LogP contribution in [0.4, 0.5) is 0 Å². The van der Waals surface area contributed by atoms with E-state index in [0.717, 1.165) is 142 Å². The molecule has 0 aromatic carbocycles. The van der Waals surface area contributed by atoms with Gasteiger partial charge in [-0.1, -0.05) is 78.4 Å². The van der Waals surface area contributed by atoms with E-state index in [0.29, 0.717) is 0 Å². The average molecular weight is 615 g/mol. The van der Waals surface area contributed by atoms with Crippen LogP contribution in [-0.2, 0) is 33.2 Å². The van der Waals surface area contributed by atoms with Crippen LogP contribution in [0.1, 0.15) is 143 Å². The van der Waals surface area contributed by atoms with Crippen LogP contribution in [0.5, 0.6) is 0 Å². The Hall–Kier alpha value is -0.800. The van der Waals surface area contributed by atoms with Crippen LogP contribution in [-0.4, -0.2) is 65.8 Å². The third-order valence-corrected chi connectivity index (χ3v) is 7.15. The number of ether oxygens (including phenoxy) is 7. The Morgan fingerprint density at radius 1 is 0.442 bits per heavy atom. The smallest absolute Gasteiger partial charge is 0.179 e. The molecular formula is C36H70O7. The van der Waals surface area contributed by atoms with Crippen molar-refractivity contribution in [2.45, 2.75) is 168 Å². The van der Waals surface area contributed by atoms with Gasteiger partial charge in [0.25, 0.3) is 0 Å². The highest BCUT2D eigenvalue weighted by molar-refractivity contribution is 4.89. The van der Waals surface area contributed by atoms with Gasteiger partial charge in [-0.2, -0.15) is 0 Å². The zero-order valence-corrected chi connectivity index (χ0v) is 29.0. The van der Waals surface area contributed by atoms with Crippen molar-refractivity contribution in [3.63, 3.8) is 0 Å². The predicted octanol–water partition coefficient (Wildman–Crippen LogP) is 9.88. The van der Waals surface area contributed by atoms with E-state index in [2.05, 4.69) is 39.8 Å². The van der Waals surface area contributed by atoms with E-state index in [1.807, 2.05) is 12.2 Å². The Kier molecular flexibility index (Phi) is 33.4. The van der Waals surface area contributed by atoms with E-state index >= 15 is 0 Å². The molecule has 0 fully saturated rings. The highest BCUT2D eigenvalue weighted by Gasteiger charge is 2.12. The molecule has 0 aliphatic heterocycles. The molecule has 0 aromatic heterocycles. The molecule has 0 N–H and O–H groups in total. The van der Waals surface area contributed by atoms with Crippen molar-refractivity contribution in [1.82, 2.24) is 0 Å². The Balaban J connectivity index is 4.21. The molecular weight excluding hydrogens is 544 g/mol. The number of rotatable bonds is 34. The summed E-state index contributed by atoms with van der Waals surface area (Å²) in [7, 11) is 3.32. The molecule has 43 heavy (non-hydrogen) atoms. The second-order valence-electron chi connectivity index (χ2n) is 11.2. The Bertz CT molecular complexity index is 528. The summed E-state index contributed by atoms with van der Waals surface area (Å²) in [6, 6.07) is 0. The highest BCUT2D eigenvalue weighted by atomic mass is 16.8. The standard InChI is InChI=1S/C36H70O7/c1-7-11-29-39-35(40-30-12-8-2)27-23-19-15-17-21-25-33(37-5)43-34(38-6)26-22-18-16-20-24-28-36(41-31-13-9-3)42-32-14-10-4/h21-22,25-26,33-36H,7-20,23-24,27-32H2,1-6H3. The molecule has 0 radical (unpaired) electrons. The molecule has 256 valence electrons. The third kappa shape index (κ3) is 28.4. The molecule has 2 atom stereocenters. The van der Waals surface area contributed by atoms with Gasteiger partial charge in [-0.3, -0.25) is 0 Å². The average Bonchev–Trinajstić information content (AvgIpc) is 3.02. The molecule has 0 aliphatic rings. The maximum Gasteiger partial charge on any atom is 0.179 e. The van der Waals surface area contributed by atoms with Crippen molar-refractivity contribution in [2.24, 2.45) is 0 Å². The monoisotopic (exact) mass is 615 g/mol. The molecule has 0 rings (SSSR count). The lowest BCUT2D eigenvalue weighted by molar-refractivity contribution is -0.188. The topological polar surface area (TPSA) is 64.6 Å². The van der Waals surface area contributed by atoms with Crippen LogP contribution in [0.3, 0.4) is 0 Å². The van der Waals surface area contributed by atoms with Gasteiger partial charge in [0.05, 0.1) is 0 Å². The number of hydrogen-bond donors (Lipinski definition) is 0. The van der Waals surface area contributed by atoms with Gasteiger partial charge in [0.15, 0.2) is 25.2 Å². The molecule has 0 bridgehead atoms.